The van der Waals surface area contributed by atoms with Crippen molar-refractivity contribution in [1.82, 2.24) is 0 Å². The molecular weight excluding hydrogens is 318 g/mol. The van der Waals surface area contributed by atoms with Crippen LogP contribution in [0.15, 0.2) is 40.9 Å². The fourth-order valence-corrected chi connectivity index (χ4v) is 2.62. The first-order valence-electron chi connectivity index (χ1n) is 6.35. The third kappa shape index (κ3) is 3.45. The fraction of sp³-hybridized carbons (Fsp3) is 0.250. The van der Waals surface area contributed by atoms with Crippen molar-refractivity contribution in [1.29, 1.82) is 0 Å². The molecule has 0 bridgehead atoms. The van der Waals surface area contributed by atoms with Gasteiger partial charge in [-0.25, -0.2) is 0 Å². The Morgan fingerprint density at radius 1 is 1.10 bits per heavy atom. The smallest absolute Gasteiger partial charge is 0.143 e. The van der Waals surface area contributed by atoms with Gasteiger partial charge in [0, 0.05) is 11.0 Å². The lowest BCUT2D eigenvalue weighted by atomic mass is 10.1. The number of nitrogens with one attached hydrogen (secondary N) is 1. The van der Waals surface area contributed by atoms with Crippen LogP contribution >= 0.6 is 15.9 Å². The molecule has 0 atom stereocenters. The molecule has 1 N–H and O–H groups in total. The molecule has 0 aliphatic heterocycles. The Balaban J connectivity index is 2.18. The third-order valence-electron chi connectivity index (χ3n) is 3.09. The topological polar surface area (TPSA) is 30.5 Å². The maximum absolute atomic E-state index is 5.42. The Labute approximate surface area is 128 Å². The maximum Gasteiger partial charge on any atom is 0.143 e. The molecule has 0 aliphatic rings. The van der Waals surface area contributed by atoms with Gasteiger partial charge in [0.1, 0.15) is 11.5 Å². The number of ether oxygens (including phenoxy) is 2. The summed E-state index contributed by atoms with van der Waals surface area (Å²) in [6, 6.07) is 12.0. The van der Waals surface area contributed by atoms with E-state index < -0.39 is 0 Å². The molecule has 2 aromatic rings. The predicted octanol–water partition coefficient (Wildman–Crippen LogP) is 4.39. The van der Waals surface area contributed by atoms with E-state index in [1.54, 1.807) is 14.2 Å². The predicted molar refractivity (Wildman–Crippen MR) is 85.8 cm³/mol. The number of anilines is 1. The molecule has 106 valence electrons. The number of hydrogen-bond donors (Lipinski definition) is 1. The van der Waals surface area contributed by atoms with Crippen molar-refractivity contribution in [2.45, 2.75) is 13.5 Å². The number of rotatable bonds is 5. The van der Waals surface area contributed by atoms with Gasteiger partial charge in [0.25, 0.3) is 0 Å². The molecule has 0 saturated carbocycles. The average molecular weight is 336 g/mol. The molecule has 2 rings (SSSR count). The van der Waals surface area contributed by atoms with Crippen LogP contribution in [-0.4, -0.2) is 14.2 Å². The van der Waals surface area contributed by atoms with E-state index in [9.17, 15) is 0 Å². The van der Waals surface area contributed by atoms with Crippen LogP contribution in [0.4, 0.5) is 5.69 Å². The van der Waals surface area contributed by atoms with Crippen LogP contribution in [0.25, 0.3) is 0 Å². The second-order valence-electron chi connectivity index (χ2n) is 4.51. The monoisotopic (exact) mass is 335 g/mol. The molecular formula is C16H18BrNO2. The van der Waals surface area contributed by atoms with Crippen LogP contribution < -0.4 is 14.8 Å². The van der Waals surface area contributed by atoms with Gasteiger partial charge < -0.3 is 14.8 Å². The number of aryl methyl sites for hydroxylation is 1. The lowest BCUT2D eigenvalue weighted by molar-refractivity contribution is 0.414. The van der Waals surface area contributed by atoms with Gasteiger partial charge in [-0.1, -0.05) is 28.1 Å². The standard InChI is InChI=1S/C16H18BrNO2/c1-11-7-13(17)9-15(20-3)16(11)18-10-12-5-4-6-14(8-12)19-2/h4-9,18H,10H2,1-3H3. The molecule has 2 aromatic carbocycles. The molecule has 0 spiro atoms. The summed E-state index contributed by atoms with van der Waals surface area (Å²) >= 11 is 3.48. The van der Waals surface area contributed by atoms with E-state index in [0.29, 0.717) is 0 Å². The zero-order valence-electron chi connectivity index (χ0n) is 11.9. The van der Waals surface area contributed by atoms with E-state index in [2.05, 4.69) is 40.3 Å². The van der Waals surface area contributed by atoms with Crippen molar-refractivity contribution < 1.29 is 9.47 Å². The summed E-state index contributed by atoms with van der Waals surface area (Å²) in [4.78, 5) is 0. The zero-order chi connectivity index (χ0) is 14.5. The summed E-state index contributed by atoms with van der Waals surface area (Å²) in [7, 11) is 3.35. The Morgan fingerprint density at radius 2 is 1.90 bits per heavy atom. The fourth-order valence-electron chi connectivity index (χ4n) is 2.07. The average Bonchev–Trinajstić information content (AvgIpc) is 2.45. The van der Waals surface area contributed by atoms with Gasteiger partial charge in [-0.05, 0) is 42.3 Å². The Kier molecular flexibility index (Phi) is 4.90. The minimum atomic E-state index is 0.718. The van der Waals surface area contributed by atoms with E-state index in [1.807, 2.05) is 24.3 Å². The Hall–Kier alpha value is -1.68. The van der Waals surface area contributed by atoms with E-state index in [-0.39, 0.29) is 0 Å². The molecule has 0 amide bonds. The normalized spacial score (nSPS) is 10.2. The van der Waals surface area contributed by atoms with Gasteiger partial charge in [0.2, 0.25) is 0 Å². The molecule has 0 unspecified atom stereocenters. The number of halogens is 1. The Bertz CT molecular complexity index is 599. The summed E-state index contributed by atoms with van der Waals surface area (Å²) < 4.78 is 11.7. The second kappa shape index (κ2) is 6.66. The van der Waals surface area contributed by atoms with Crippen molar-refractivity contribution in [3.05, 3.63) is 52.0 Å². The van der Waals surface area contributed by atoms with Gasteiger partial charge in [-0.15, -0.1) is 0 Å². The quantitative estimate of drug-likeness (QED) is 0.879. The molecule has 0 saturated heterocycles. The number of hydrogen-bond acceptors (Lipinski definition) is 3. The minimum Gasteiger partial charge on any atom is -0.497 e. The molecule has 0 aromatic heterocycles. The molecule has 0 heterocycles. The van der Waals surface area contributed by atoms with Crippen LogP contribution in [-0.2, 0) is 6.54 Å². The van der Waals surface area contributed by atoms with Crippen LogP contribution in [0.5, 0.6) is 11.5 Å². The SMILES string of the molecule is COc1cccc(CNc2c(C)cc(Br)cc2OC)c1. The lowest BCUT2D eigenvalue weighted by Crippen LogP contribution is -2.03. The minimum absolute atomic E-state index is 0.718. The molecule has 0 fully saturated rings. The first-order chi connectivity index (χ1) is 9.63. The first kappa shape index (κ1) is 14.7. The van der Waals surface area contributed by atoms with Crippen molar-refractivity contribution >= 4 is 21.6 Å². The van der Waals surface area contributed by atoms with E-state index >= 15 is 0 Å². The van der Waals surface area contributed by atoms with Crippen molar-refractivity contribution in [2.24, 2.45) is 0 Å². The molecule has 4 heteroatoms. The highest BCUT2D eigenvalue weighted by Crippen LogP contribution is 2.32. The van der Waals surface area contributed by atoms with Gasteiger partial charge in [-0.3, -0.25) is 0 Å². The van der Waals surface area contributed by atoms with E-state index in [0.717, 1.165) is 39.3 Å². The van der Waals surface area contributed by atoms with Crippen LogP contribution in [0.2, 0.25) is 0 Å². The van der Waals surface area contributed by atoms with Crippen LogP contribution in [0.3, 0.4) is 0 Å². The van der Waals surface area contributed by atoms with Crippen LogP contribution in [0.1, 0.15) is 11.1 Å². The summed E-state index contributed by atoms with van der Waals surface area (Å²) in [5, 5.41) is 3.43. The lowest BCUT2D eigenvalue weighted by Gasteiger charge is -2.15. The second-order valence-corrected chi connectivity index (χ2v) is 5.42. The van der Waals surface area contributed by atoms with Crippen molar-refractivity contribution in [2.75, 3.05) is 19.5 Å². The number of benzene rings is 2. The third-order valence-corrected chi connectivity index (χ3v) is 3.55. The molecule has 20 heavy (non-hydrogen) atoms. The summed E-state index contributed by atoms with van der Waals surface area (Å²) in [5.41, 5.74) is 3.31. The highest BCUT2D eigenvalue weighted by Gasteiger charge is 2.08. The van der Waals surface area contributed by atoms with Gasteiger partial charge in [0.15, 0.2) is 0 Å². The van der Waals surface area contributed by atoms with Crippen molar-refractivity contribution in [3.8, 4) is 11.5 Å². The zero-order valence-corrected chi connectivity index (χ0v) is 13.5. The largest absolute Gasteiger partial charge is 0.497 e. The maximum atomic E-state index is 5.42. The Morgan fingerprint density at radius 3 is 2.60 bits per heavy atom. The van der Waals surface area contributed by atoms with E-state index in [1.165, 1.54) is 0 Å². The van der Waals surface area contributed by atoms with Crippen LogP contribution in [0, 0.1) is 6.92 Å². The summed E-state index contributed by atoms with van der Waals surface area (Å²) in [6.45, 7) is 2.78. The highest BCUT2D eigenvalue weighted by atomic mass is 79.9. The molecule has 0 radical (unpaired) electrons. The molecule has 0 aliphatic carbocycles. The van der Waals surface area contributed by atoms with Crippen molar-refractivity contribution in [3.63, 3.8) is 0 Å². The van der Waals surface area contributed by atoms with E-state index in [4.69, 9.17) is 9.47 Å². The van der Waals surface area contributed by atoms with Gasteiger partial charge >= 0.3 is 0 Å². The van der Waals surface area contributed by atoms with Gasteiger partial charge in [-0.2, -0.15) is 0 Å². The highest BCUT2D eigenvalue weighted by molar-refractivity contribution is 9.10. The summed E-state index contributed by atoms with van der Waals surface area (Å²) in [6.07, 6.45) is 0. The van der Waals surface area contributed by atoms with Gasteiger partial charge in [0.05, 0.1) is 19.9 Å². The summed E-state index contributed by atoms with van der Waals surface area (Å²) in [5.74, 6) is 1.70. The number of methoxy groups -OCH3 is 2. The molecule has 3 nitrogen and oxygen atoms in total. The first-order valence-corrected chi connectivity index (χ1v) is 7.14.